The summed E-state index contributed by atoms with van der Waals surface area (Å²) in [7, 11) is 0. The van der Waals surface area contributed by atoms with Crippen molar-refractivity contribution in [1.29, 1.82) is 0 Å². The smallest absolute Gasteiger partial charge is 0.0125 e. The van der Waals surface area contributed by atoms with E-state index >= 15 is 0 Å². The van der Waals surface area contributed by atoms with Crippen LogP contribution >= 0.6 is 24.8 Å². The van der Waals surface area contributed by atoms with Crippen molar-refractivity contribution < 1.29 is 0 Å². The summed E-state index contributed by atoms with van der Waals surface area (Å²) in [5, 5.41) is 0. The summed E-state index contributed by atoms with van der Waals surface area (Å²) in [5.74, 6) is 0. The standard InChI is InChI=1S/C8H16N2.2ClH/c9-7-5-8(6-7)10-3-1-2-4-10;;/h7-8H,1-6,9H2;2*1H. The van der Waals surface area contributed by atoms with Crippen LogP contribution in [0.5, 0.6) is 0 Å². The summed E-state index contributed by atoms with van der Waals surface area (Å²) in [4.78, 5) is 2.60. The molecule has 1 aliphatic heterocycles. The highest BCUT2D eigenvalue weighted by Crippen LogP contribution is 2.26. The van der Waals surface area contributed by atoms with Gasteiger partial charge in [0.1, 0.15) is 0 Å². The second-order valence-electron chi connectivity index (χ2n) is 3.63. The molecule has 12 heavy (non-hydrogen) atoms. The van der Waals surface area contributed by atoms with Crippen molar-refractivity contribution in [1.82, 2.24) is 4.90 Å². The van der Waals surface area contributed by atoms with E-state index in [0.29, 0.717) is 6.04 Å². The van der Waals surface area contributed by atoms with Gasteiger partial charge in [-0.2, -0.15) is 0 Å². The molecule has 0 bridgehead atoms. The second-order valence-corrected chi connectivity index (χ2v) is 3.63. The van der Waals surface area contributed by atoms with Crippen LogP contribution in [0, 0.1) is 0 Å². The number of likely N-dealkylation sites (tertiary alicyclic amines) is 1. The molecule has 1 aliphatic carbocycles. The van der Waals surface area contributed by atoms with Crippen LogP contribution < -0.4 is 5.73 Å². The lowest BCUT2D eigenvalue weighted by Gasteiger charge is -2.39. The molecule has 1 saturated heterocycles. The van der Waals surface area contributed by atoms with Crippen LogP contribution in [0.25, 0.3) is 0 Å². The van der Waals surface area contributed by atoms with E-state index in [1.807, 2.05) is 0 Å². The van der Waals surface area contributed by atoms with Gasteiger partial charge >= 0.3 is 0 Å². The van der Waals surface area contributed by atoms with Crippen LogP contribution in [0.15, 0.2) is 0 Å². The maximum atomic E-state index is 5.71. The van der Waals surface area contributed by atoms with Gasteiger partial charge in [0.05, 0.1) is 0 Å². The van der Waals surface area contributed by atoms with Crippen LogP contribution in [0.4, 0.5) is 0 Å². The van der Waals surface area contributed by atoms with Crippen molar-refractivity contribution in [3.63, 3.8) is 0 Å². The Kier molecular flexibility index (Phi) is 5.50. The molecule has 0 radical (unpaired) electrons. The molecule has 74 valence electrons. The first-order valence-electron chi connectivity index (χ1n) is 4.36. The monoisotopic (exact) mass is 212 g/mol. The first-order chi connectivity index (χ1) is 4.86. The highest BCUT2D eigenvalue weighted by Gasteiger charge is 2.31. The van der Waals surface area contributed by atoms with E-state index < -0.39 is 0 Å². The summed E-state index contributed by atoms with van der Waals surface area (Å²) in [6, 6.07) is 1.38. The van der Waals surface area contributed by atoms with Gasteiger partial charge in [0.2, 0.25) is 0 Å². The third kappa shape index (κ3) is 2.49. The quantitative estimate of drug-likeness (QED) is 0.713. The summed E-state index contributed by atoms with van der Waals surface area (Å²) >= 11 is 0. The van der Waals surface area contributed by atoms with Crippen LogP contribution in [-0.2, 0) is 0 Å². The lowest BCUT2D eigenvalue weighted by atomic mass is 9.86. The molecule has 2 nitrogen and oxygen atoms in total. The maximum Gasteiger partial charge on any atom is 0.0125 e. The Morgan fingerprint density at radius 2 is 1.50 bits per heavy atom. The number of hydrogen-bond acceptors (Lipinski definition) is 2. The zero-order valence-corrected chi connectivity index (χ0v) is 8.87. The number of rotatable bonds is 1. The Balaban J connectivity index is 0.000000605. The molecule has 0 unspecified atom stereocenters. The zero-order valence-electron chi connectivity index (χ0n) is 7.24. The van der Waals surface area contributed by atoms with Crippen molar-refractivity contribution in [3.8, 4) is 0 Å². The van der Waals surface area contributed by atoms with E-state index in [1.54, 1.807) is 0 Å². The molecule has 0 atom stereocenters. The van der Waals surface area contributed by atoms with Crippen molar-refractivity contribution in [3.05, 3.63) is 0 Å². The minimum Gasteiger partial charge on any atom is -0.328 e. The van der Waals surface area contributed by atoms with Gasteiger partial charge in [0.15, 0.2) is 0 Å². The fraction of sp³-hybridized carbons (Fsp3) is 1.00. The molecule has 2 rings (SSSR count). The Morgan fingerprint density at radius 1 is 1.00 bits per heavy atom. The zero-order chi connectivity index (χ0) is 6.97. The van der Waals surface area contributed by atoms with Gasteiger partial charge in [0, 0.05) is 12.1 Å². The van der Waals surface area contributed by atoms with Crippen molar-refractivity contribution in [2.24, 2.45) is 5.73 Å². The van der Waals surface area contributed by atoms with E-state index in [1.165, 1.54) is 38.8 Å². The Bertz CT molecular complexity index is 120. The molecule has 1 heterocycles. The molecule has 0 aromatic rings. The molecule has 2 N–H and O–H groups in total. The summed E-state index contributed by atoms with van der Waals surface area (Å²) < 4.78 is 0. The number of hydrogen-bond donors (Lipinski definition) is 1. The maximum absolute atomic E-state index is 5.71. The van der Waals surface area contributed by atoms with Crippen LogP contribution in [0.3, 0.4) is 0 Å². The number of nitrogens with zero attached hydrogens (tertiary/aromatic N) is 1. The highest BCUT2D eigenvalue weighted by molar-refractivity contribution is 5.85. The van der Waals surface area contributed by atoms with Crippen molar-refractivity contribution in [2.75, 3.05) is 13.1 Å². The molecule has 1 saturated carbocycles. The Morgan fingerprint density at radius 3 is 1.92 bits per heavy atom. The average molecular weight is 213 g/mol. The highest BCUT2D eigenvalue weighted by atomic mass is 35.5. The normalized spacial score (nSPS) is 34.8. The lowest BCUT2D eigenvalue weighted by molar-refractivity contribution is 0.138. The fourth-order valence-electron chi connectivity index (χ4n) is 2.03. The first-order valence-corrected chi connectivity index (χ1v) is 4.36. The van der Waals surface area contributed by atoms with Gasteiger partial charge in [-0.25, -0.2) is 0 Å². The molecular weight excluding hydrogens is 195 g/mol. The van der Waals surface area contributed by atoms with Gasteiger partial charge < -0.3 is 10.6 Å². The molecule has 0 aromatic carbocycles. The van der Waals surface area contributed by atoms with Crippen molar-refractivity contribution >= 4 is 24.8 Å². The molecule has 2 aliphatic rings. The van der Waals surface area contributed by atoms with E-state index in [2.05, 4.69) is 4.90 Å². The Labute approximate surface area is 86.7 Å². The van der Waals surface area contributed by atoms with E-state index in [-0.39, 0.29) is 24.8 Å². The van der Waals surface area contributed by atoms with Crippen LogP contribution in [-0.4, -0.2) is 30.1 Å². The van der Waals surface area contributed by atoms with Crippen LogP contribution in [0.1, 0.15) is 25.7 Å². The third-order valence-corrected chi connectivity index (χ3v) is 2.81. The molecule has 2 fully saturated rings. The fourth-order valence-corrected chi connectivity index (χ4v) is 2.03. The van der Waals surface area contributed by atoms with Gasteiger partial charge in [-0.1, -0.05) is 0 Å². The average Bonchev–Trinajstić information content (AvgIpc) is 2.31. The third-order valence-electron chi connectivity index (χ3n) is 2.81. The second kappa shape index (κ2) is 5.28. The molecule has 0 aromatic heterocycles. The molecule has 0 spiro atoms. The van der Waals surface area contributed by atoms with E-state index in [0.717, 1.165) is 6.04 Å². The van der Waals surface area contributed by atoms with Gasteiger partial charge in [0.25, 0.3) is 0 Å². The lowest BCUT2D eigenvalue weighted by Crippen LogP contribution is -2.49. The first kappa shape index (κ1) is 12.5. The van der Waals surface area contributed by atoms with Gasteiger partial charge in [-0.3, -0.25) is 0 Å². The van der Waals surface area contributed by atoms with E-state index in [9.17, 15) is 0 Å². The van der Waals surface area contributed by atoms with Crippen LogP contribution in [0.2, 0.25) is 0 Å². The summed E-state index contributed by atoms with van der Waals surface area (Å²) in [5.41, 5.74) is 5.71. The summed E-state index contributed by atoms with van der Waals surface area (Å²) in [6.07, 6.45) is 5.32. The van der Waals surface area contributed by atoms with Gasteiger partial charge in [-0.15, -0.1) is 24.8 Å². The minimum absolute atomic E-state index is 0. The molecular formula is C8H18Cl2N2. The number of nitrogens with two attached hydrogens (primary N) is 1. The topological polar surface area (TPSA) is 29.3 Å². The molecule has 0 amide bonds. The summed E-state index contributed by atoms with van der Waals surface area (Å²) in [6.45, 7) is 2.66. The predicted octanol–water partition coefficient (Wildman–Crippen LogP) is 1.42. The largest absolute Gasteiger partial charge is 0.328 e. The SMILES string of the molecule is Cl.Cl.NC1CC(N2CCCC2)C1. The Hall–Kier alpha value is 0.500. The van der Waals surface area contributed by atoms with Crippen molar-refractivity contribution in [2.45, 2.75) is 37.8 Å². The minimum atomic E-state index is 0. The number of halogens is 2. The predicted molar refractivity (Wildman–Crippen MR) is 56.3 cm³/mol. The molecule has 4 heteroatoms. The van der Waals surface area contributed by atoms with Gasteiger partial charge in [-0.05, 0) is 38.8 Å². The van der Waals surface area contributed by atoms with E-state index in [4.69, 9.17) is 5.73 Å².